The Morgan fingerprint density at radius 1 is 1.45 bits per heavy atom. The largest absolute Gasteiger partial charge is 0.486 e. The van der Waals surface area contributed by atoms with Crippen LogP contribution in [0.15, 0.2) is 18.2 Å². The Balaban J connectivity index is 2.08. The molecule has 0 aromatic heterocycles. The van der Waals surface area contributed by atoms with Crippen LogP contribution < -0.4 is 10.2 Å². The molecule has 1 aromatic rings. The molecule has 8 heteroatoms. The van der Waals surface area contributed by atoms with Crippen molar-refractivity contribution >= 4 is 11.6 Å². The normalized spacial score (nSPS) is 19.0. The van der Waals surface area contributed by atoms with Crippen LogP contribution in [-0.4, -0.2) is 41.4 Å². The van der Waals surface area contributed by atoms with Gasteiger partial charge in [-0.1, -0.05) is 6.07 Å². The summed E-state index contributed by atoms with van der Waals surface area (Å²) >= 11 is 0. The number of benzene rings is 1. The van der Waals surface area contributed by atoms with Crippen LogP contribution in [0.5, 0.6) is 5.75 Å². The Morgan fingerprint density at radius 2 is 2.18 bits per heavy atom. The van der Waals surface area contributed by atoms with E-state index in [0.29, 0.717) is 24.3 Å². The van der Waals surface area contributed by atoms with E-state index in [-0.39, 0.29) is 13.1 Å². The number of aryl methyl sites for hydroxylation is 1. The van der Waals surface area contributed by atoms with E-state index in [2.05, 4.69) is 0 Å². The zero-order chi connectivity index (χ0) is 16.3. The van der Waals surface area contributed by atoms with E-state index >= 15 is 0 Å². The highest BCUT2D eigenvalue weighted by Crippen LogP contribution is 2.29. The number of rotatable bonds is 3. The van der Waals surface area contributed by atoms with Gasteiger partial charge in [0.2, 0.25) is 0 Å². The van der Waals surface area contributed by atoms with Crippen molar-refractivity contribution in [2.24, 2.45) is 0 Å². The fraction of sp³-hybridized carbons (Fsp3) is 0.500. The van der Waals surface area contributed by atoms with E-state index in [4.69, 9.17) is 9.94 Å². The van der Waals surface area contributed by atoms with Gasteiger partial charge in [0.15, 0.2) is 0 Å². The molecule has 122 valence electrons. The van der Waals surface area contributed by atoms with Gasteiger partial charge in [-0.15, -0.1) is 0 Å². The van der Waals surface area contributed by atoms with Crippen molar-refractivity contribution in [2.75, 3.05) is 18.6 Å². The standard InChI is InChI=1S/C14H17F3N2O3/c1-9-4-5-11(18-21)12(7-9)22-10-3-2-6-19(8-10)13(20)14(15,16)17/h4-5,7,10,18,21H,2-3,6,8H2,1H3/t10-/m0/s1. The zero-order valence-corrected chi connectivity index (χ0v) is 12.0. The summed E-state index contributed by atoms with van der Waals surface area (Å²) in [4.78, 5) is 12.0. The molecule has 0 saturated carbocycles. The van der Waals surface area contributed by atoms with Gasteiger partial charge in [-0.3, -0.25) is 15.5 Å². The van der Waals surface area contributed by atoms with Gasteiger partial charge >= 0.3 is 12.1 Å². The van der Waals surface area contributed by atoms with Gasteiger partial charge in [0.1, 0.15) is 17.5 Å². The first-order valence-electron chi connectivity index (χ1n) is 6.85. The molecule has 0 radical (unpaired) electrons. The van der Waals surface area contributed by atoms with E-state index in [0.717, 1.165) is 10.5 Å². The number of carbonyl (C=O) groups is 1. The Kier molecular flexibility index (Phi) is 4.80. The number of piperidine rings is 1. The molecular weight excluding hydrogens is 301 g/mol. The number of alkyl halides is 3. The lowest BCUT2D eigenvalue weighted by molar-refractivity contribution is -0.187. The molecule has 0 bridgehead atoms. The predicted octanol–water partition coefficient (Wildman–Crippen LogP) is 2.73. The molecule has 1 fully saturated rings. The third kappa shape index (κ3) is 3.82. The quantitative estimate of drug-likeness (QED) is 0.841. The second-order valence-electron chi connectivity index (χ2n) is 5.24. The van der Waals surface area contributed by atoms with Crippen molar-refractivity contribution < 1.29 is 27.9 Å². The van der Waals surface area contributed by atoms with Crippen LogP contribution in [0.4, 0.5) is 18.9 Å². The van der Waals surface area contributed by atoms with Crippen LogP contribution in [0.3, 0.4) is 0 Å². The lowest BCUT2D eigenvalue weighted by Crippen LogP contribution is -2.49. The fourth-order valence-electron chi connectivity index (χ4n) is 2.40. The number of nitrogens with zero attached hydrogens (tertiary/aromatic N) is 1. The van der Waals surface area contributed by atoms with E-state index in [1.165, 1.54) is 0 Å². The number of likely N-dealkylation sites (tertiary alicyclic amines) is 1. The third-order valence-corrected chi connectivity index (χ3v) is 3.46. The molecule has 1 atom stereocenters. The topological polar surface area (TPSA) is 61.8 Å². The number of amides is 1. The summed E-state index contributed by atoms with van der Waals surface area (Å²) in [5.41, 5.74) is 3.19. The minimum Gasteiger partial charge on any atom is -0.486 e. The van der Waals surface area contributed by atoms with Gasteiger partial charge in [-0.05, 0) is 37.5 Å². The monoisotopic (exact) mass is 318 g/mol. The van der Waals surface area contributed by atoms with Gasteiger partial charge in [-0.2, -0.15) is 13.2 Å². The molecule has 2 N–H and O–H groups in total. The van der Waals surface area contributed by atoms with Gasteiger partial charge in [0.05, 0.1) is 6.54 Å². The van der Waals surface area contributed by atoms with Crippen LogP contribution in [0.2, 0.25) is 0 Å². The van der Waals surface area contributed by atoms with Crippen molar-refractivity contribution in [2.45, 2.75) is 32.0 Å². The van der Waals surface area contributed by atoms with Crippen LogP contribution in [0.25, 0.3) is 0 Å². The van der Waals surface area contributed by atoms with Gasteiger partial charge in [-0.25, -0.2) is 0 Å². The summed E-state index contributed by atoms with van der Waals surface area (Å²) in [6.07, 6.45) is -4.45. The van der Waals surface area contributed by atoms with E-state index in [1.54, 1.807) is 18.2 Å². The molecule has 0 spiro atoms. The number of hydrogen-bond donors (Lipinski definition) is 2. The average molecular weight is 318 g/mol. The van der Waals surface area contributed by atoms with Gasteiger partial charge in [0.25, 0.3) is 0 Å². The first-order chi connectivity index (χ1) is 10.3. The molecule has 1 aromatic carbocycles. The van der Waals surface area contributed by atoms with E-state index in [1.807, 2.05) is 12.4 Å². The average Bonchev–Trinajstić information content (AvgIpc) is 2.46. The minimum absolute atomic E-state index is 0.0666. The SMILES string of the molecule is Cc1ccc(NO)c(O[C@H]2CCCN(C(=O)C(F)(F)F)C2)c1. The number of halogens is 3. The minimum atomic E-state index is -4.87. The van der Waals surface area contributed by atoms with Crippen molar-refractivity contribution in [1.82, 2.24) is 4.90 Å². The second-order valence-corrected chi connectivity index (χ2v) is 5.24. The lowest BCUT2D eigenvalue weighted by Gasteiger charge is -2.33. The summed E-state index contributed by atoms with van der Waals surface area (Å²) in [6.45, 7) is 1.77. The van der Waals surface area contributed by atoms with Crippen molar-refractivity contribution in [3.05, 3.63) is 23.8 Å². The third-order valence-electron chi connectivity index (χ3n) is 3.46. The molecule has 22 heavy (non-hydrogen) atoms. The summed E-state index contributed by atoms with van der Waals surface area (Å²) in [5, 5.41) is 9.04. The maximum absolute atomic E-state index is 12.5. The Morgan fingerprint density at radius 3 is 2.82 bits per heavy atom. The number of ether oxygens (including phenoxy) is 1. The molecule has 0 aliphatic carbocycles. The number of nitrogens with one attached hydrogen (secondary N) is 1. The number of hydrogen-bond acceptors (Lipinski definition) is 4. The highest BCUT2D eigenvalue weighted by molar-refractivity contribution is 5.82. The van der Waals surface area contributed by atoms with Crippen LogP contribution >= 0.6 is 0 Å². The molecule has 1 saturated heterocycles. The summed E-state index contributed by atoms with van der Waals surface area (Å²) < 4.78 is 43.1. The Labute approximate surface area is 125 Å². The summed E-state index contributed by atoms with van der Waals surface area (Å²) in [5.74, 6) is -1.50. The fourth-order valence-corrected chi connectivity index (χ4v) is 2.40. The molecule has 1 amide bonds. The molecule has 0 unspecified atom stereocenters. The van der Waals surface area contributed by atoms with Crippen molar-refractivity contribution in [3.8, 4) is 5.75 Å². The van der Waals surface area contributed by atoms with Crippen LogP contribution in [0.1, 0.15) is 18.4 Å². The molecule has 1 heterocycles. The molecule has 5 nitrogen and oxygen atoms in total. The second kappa shape index (κ2) is 6.43. The Hall–Kier alpha value is -1.96. The number of carbonyl (C=O) groups excluding carboxylic acids is 1. The predicted molar refractivity (Wildman–Crippen MR) is 72.9 cm³/mol. The van der Waals surface area contributed by atoms with Gasteiger partial charge in [0, 0.05) is 6.54 Å². The first kappa shape index (κ1) is 16.4. The van der Waals surface area contributed by atoms with Crippen molar-refractivity contribution in [3.63, 3.8) is 0 Å². The summed E-state index contributed by atoms with van der Waals surface area (Å²) in [6, 6.07) is 5.03. The van der Waals surface area contributed by atoms with E-state index in [9.17, 15) is 18.0 Å². The maximum atomic E-state index is 12.5. The lowest BCUT2D eigenvalue weighted by atomic mass is 10.1. The maximum Gasteiger partial charge on any atom is 0.471 e. The van der Waals surface area contributed by atoms with Gasteiger partial charge < -0.3 is 9.64 Å². The molecular formula is C14H17F3N2O3. The zero-order valence-electron chi connectivity index (χ0n) is 12.0. The number of anilines is 1. The molecule has 1 aliphatic rings. The van der Waals surface area contributed by atoms with Crippen LogP contribution in [-0.2, 0) is 4.79 Å². The molecule has 1 aliphatic heterocycles. The summed E-state index contributed by atoms with van der Waals surface area (Å²) in [7, 11) is 0. The Bertz CT molecular complexity index is 549. The highest BCUT2D eigenvalue weighted by atomic mass is 19.4. The smallest absolute Gasteiger partial charge is 0.471 e. The van der Waals surface area contributed by atoms with Crippen molar-refractivity contribution in [1.29, 1.82) is 0 Å². The first-order valence-corrected chi connectivity index (χ1v) is 6.85. The highest BCUT2D eigenvalue weighted by Gasteiger charge is 2.43. The molecule has 2 rings (SSSR count). The van der Waals surface area contributed by atoms with E-state index < -0.39 is 18.2 Å². The van der Waals surface area contributed by atoms with Crippen LogP contribution in [0, 0.1) is 6.92 Å².